The molecule has 56 heavy (non-hydrogen) atoms. The topological polar surface area (TPSA) is 217 Å². The first-order chi connectivity index (χ1) is 27.1. The molecule has 2 aromatic rings. The number of benzene rings is 1. The Morgan fingerprint density at radius 3 is 1.96 bits per heavy atom. The molecule has 0 saturated heterocycles. The van der Waals surface area contributed by atoms with Crippen LogP contribution >= 0.6 is 0 Å². The summed E-state index contributed by atoms with van der Waals surface area (Å²) in [5, 5.41) is 16.3. The third-order valence-electron chi connectivity index (χ3n) is 6.90. The Balaban J connectivity index is -0.0000000811. The molecule has 1 aromatic heterocycles. The molecule has 1 aliphatic rings. The Hall–Kier alpha value is -8.53. The number of anilines is 1. The largest absolute Gasteiger partial charge is 0.383 e. The highest BCUT2D eigenvalue weighted by Gasteiger charge is 2.29. The predicted molar refractivity (Wildman–Crippen MR) is 237 cm³/mol. The maximum Gasteiger partial charge on any atom is 0.237 e. The molecular weight excluding hydrogens is 707 g/mol. The van der Waals surface area contributed by atoms with Crippen molar-refractivity contribution in [2.24, 2.45) is 22.0 Å². The number of fused-ring (bicyclic) bond motifs is 1. The Morgan fingerprint density at radius 1 is 0.946 bits per heavy atom. The van der Waals surface area contributed by atoms with E-state index >= 15 is 0 Å². The molecule has 0 radical (unpaired) electrons. The Kier molecular flexibility index (Phi) is 23.6. The minimum atomic E-state index is -0.879. The van der Waals surface area contributed by atoms with Crippen molar-refractivity contribution in [2.45, 2.75) is 64.0 Å². The molecule has 0 unspecified atom stereocenters. The summed E-state index contributed by atoms with van der Waals surface area (Å²) in [5.74, 6) is 51.7. The third-order valence-corrected chi connectivity index (χ3v) is 6.90. The van der Waals surface area contributed by atoms with E-state index < -0.39 is 17.1 Å². The van der Waals surface area contributed by atoms with Gasteiger partial charge in [0.1, 0.15) is 5.82 Å². The maximum absolute atomic E-state index is 12.6. The van der Waals surface area contributed by atoms with Crippen molar-refractivity contribution in [1.82, 2.24) is 15.8 Å². The SMILES string of the molecule is C#CC#CC#CC#CC#CC#CC#CC#CC#CC#CC.C[C@H](NC(=O)[C@H](N)CCc1ccccc1)C(=O)C[C@@H]1CCc2c1ccnc2N.NN=NN[N+](=O)[O-].[HH].[HH].[HH].[HH].[HH].[HH].[HH].[HH].[HH].[HH].[HH]. The van der Waals surface area contributed by atoms with Gasteiger partial charge < -0.3 is 26.9 Å². The smallest absolute Gasteiger partial charge is 0.237 e. The maximum atomic E-state index is 12.6. The van der Waals surface area contributed by atoms with Crippen LogP contribution in [-0.4, -0.2) is 33.8 Å². The first-order valence-corrected chi connectivity index (χ1v) is 16.4. The number of nitrogen functional groups attached to an aromatic ring is 1. The molecule has 0 aliphatic heterocycles. The number of hydrazine groups is 1. The van der Waals surface area contributed by atoms with E-state index in [9.17, 15) is 19.7 Å². The highest BCUT2D eigenvalue weighted by atomic mass is 16.7. The summed E-state index contributed by atoms with van der Waals surface area (Å²) in [4.78, 5) is 38.3. The van der Waals surface area contributed by atoms with Gasteiger partial charge >= 0.3 is 0 Å². The molecule has 298 valence electrons. The van der Waals surface area contributed by atoms with Crippen molar-refractivity contribution in [2.75, 3.05) is 5.73 Å². The van der Waals surface area contributed by atoms with Gasteiger partial charge in [0.2, 0.25) is 5.91 Å². The number of nitrogens with zero attached hydrogens (tertiary/aromatic N) is 4. The molecule has 1 heterocycles. The standard InChI is InChI=1S/C22H28N4O2.C21H4.H3N5O2.11H2/c1-14(26-22(28)19(23)10-7-15-5-3-2-4-6-15)20(27)13-16-8-9-18-17(16)11-12-25-21(18)24;1-3-5-7-9-11-13-15-17-19-21-20-18-16-14-12-10-8-6-4-2;1-2-3-4-5(6)7;;;;;;;;;;;/h2-6,11-12,14,16,19H,7-10,13,23H2,1H3,(H2,24,25)(H,26,28);1H,2H3;(H2,1,3)(H,2,4);11*1H/t14-,16-,19+;;;;;;;;;;;;;/m0............./s1. The molecule has 13 nitrogen and oxygen atoms in total. The number of nitrogens with two attached hydrogens (primary N) is 3. The lowest BCUT2D eigenvalue weighted by atomic mass is 9.94. The van der Waals surface area contributed by atoms with Crippen molar-refractivity contribution in [3.63, 3.8) is 0 Å². The number of ketones is 1. The fraction of sp³-hybridized carbons (Fsp3) is 0.233. The second-order valence-electron chi connectivity index (χ2n) is 10.6. The number of nitrogens with one attached hydrogen (secondary N) is 2. The number of amides is 1. The fourth-order valence-corrected chi connectivity index (χ4v) is 4.41. The summed E-state index contributed by atoms with van der Waals surface area (Å²) in [6, 6.07) is 10.7. The van der Waals surface area contributed by atoms with Crippen LogP contribution in [0.25, 0.3) is 0 Å². The van der Waals surface area contributed by atoms with Crippen LogP contribution in [0.15, 0.2) is 53.0 Å². The second kappa shape index (κ2) is 29.1. The number of hydrogen-bond donors (Lipinski definition) is 5. The van der Waals surface area contributed by atoms with Gasteiger partial charge in [0.15, 0.2) is 11.0 Å². The minimum absolute atomic E-state index is 0. The summed E-state index contributed by atoms with van der Waals surface area (Å²) in [7, 11) is 0. The van der Waals surface area contributed by atoms with E-state index in [1.54, 1.807) is 20.0 Å². The lowest BCUT2D eigenvalue weighted by Gasteiger charge is -2.19. The first kappa shape index (κ1) is 45.5. The Labute approximate surface area is 343 Å². The normalized spacial score (nSPS) is 11.4. The van der Waals surface area contributed by atoms with Gasteiger partial charge in [-0.2, -0.15) is 0 Å². The van der Waals surface area contributed by atoms with Gasteiger partial charge in [0.25, 0.3) is 0 Å². The number of carbonyl (C=O) groups is 2. The van der Waals surface area contributed by atoms with Gasteiger partial charge in [-0.25, -0.2) is 4.98 Å². The molecule has 0 saturated carbocycles. The van der Waals surface area contributed by atoms with Gasteiger partial charge in [-0.15, -0.1) is 6.42 Å². The lowest BCUT2D eigenvalue weighted by Crippen LogP contribution is -2.47. The van der Waals surface area contributed by atoms with Crippen molar-refractivity contribution in [3.05, 3.63) is 69.4 Å². The van der Waals surface area contributed by atoms with Crippen LogP contribution in [0.2, 0.25) is 0 Å². The summed E-state index contributed by atoms with van der Waals surface area (Å²) in [6.45, 7) is 3.42. The molecular formula is C43H57N9O4. The molecule has 3 rings (SSSR count). The molecule has 3 atom stereocenters. The summed E-state index contributed by atoms with van der Waals surface area (Å²) >= 11 is 0. The number of pyridine rings is 1. The van der Waals surface area contributed by atoms with E-state index in [2.05, 4.69) is 139 Å². The number of aryl methyl sites for hydroxylation is 1. The fourth-order valence-electron chi connectivity index (χ4n) is 4.41. The van der Waals surface area contributed by atoms with Gasteiger partial charge in [0, 0.05) is 45.7 Å². The number of Topliss-reactive ketones (excluding diaryl/α,β-unsaturated/α-hetero) is 1. The van der Waals surface area contributed by atoms with Crippen molar-refractivity contribution in [1.29, 1.82) is 0 Å². The lowest BCUT2D eigenvalue weighted by molar-refractivity contribution is -0.546. The average Bonchev–Trinajstić information content (AvgIpc) is 3.61. The zero-order valence-electron chi connectivity index (χ0n) is 30.5. The molecule has 1 amide bonds. The number of rotatable bonds is 10. The molecule has 8 N–H and O–H groups in total. The van der Waals surface area contributed by atoms with E-state index in [-0.39, 0.29) is 33.3 Å². The first-order valence-electron chi connectivity index (χ1n) is 16.4. The van der Waals surface area contributed by atoms with Crippen molar-refractivity contribution >= 4 is 17.5 Å². The molecule has 1 aromatic carbocycles. The van der Waals surface area contributed by atoms with Gasteiger partial charge in [-0.1, -0.05) is 36.3 Å². The van der Waals surface area contributed by atoms with Crippen LogP contribution in [-0.2, 0) is 22.4 Å². The quantitative estimate of drug-likeness (QED) is 0.0756. The minimum Gasteiger partial charge on any atom is -0.383 e. The van der Waals surface area contributed by atoms with Crippen LogP contribution in [0.4, 0.5) is 5.82 Å². The molecule has 13 heteroatoms. The van der Waals surface area contributed by atoms with Crippen LogP contribution in [0.3, 0.4) is 0 Å². The van der Waals surface area contributed by atoms with E-state index in [1.807, 2.05) is 36.4 Å². The van der Waals surface area contributed by atoms with Crippen LogP contribution in [0.5, 0.6) is 0 Å². The predicted octanol–water partition coefficient (Wildman–Crippen LogP) is 4.50. The number of aromatic nitrogens is 1. The zero-order valence-corrected chi connectivity index (χ0v) is 30.5. The number of hydrogen-bond acceptors (Lipinski definition) is 9. The number of carbonyl (C=O) groups excluding carboxylic acids is 2. The highest BCUT2D eigenvalue weighted by Crippen LogP contribution is 2.37. The van der Waals surface area contributed by atoms with Gasteiger partial charge in [-0.05, 0) is 163 Å². The molecule has 1 aliphatic carbocycles. The van der Waals surface area contributed by atoms with E-state index in [0.717, 1.165) is 36.0 Å². The van der Waals surface area contributed by atoms with E-state index in [1.165, 1.54) is 5.53 Å². The van der Waals surface area contributed by atoms with E-state index in [4.69, 9.17) is 17.9 Å². The number of nitro groups is 1. The van der Waals surface area contributed by atoms with Gasteiger partial charge in [-0.3, -0.25) is 15.4 Å². The van der Waals surface area contributed by atoms with Crippen molar-refractivity contribution in [3.8, 4) is 119 Å². The average molecular weight is 764 g/mol. The zero-order chi connectivity index (χ0) is 41.2. The Bertz CT molecular complexity index is 2410. The number of terminal acetylenes is 1. The third kappa shape index (κ3) is 21.0. The van der Waals surface area contributed by atoms with Crippen LogP contribution in [0, 0.1) is 129 Å². The summed E-state index contributed by atoms with van der Waals surface area (Å²) in [6.07, 6.45) is 9.97. The van der Waals surface area contributed by atoms with Crippen LogP contribution in [0.1, 0.15) is 71.4 Å². The molecule has 0 spiro atoms. The molecule has 0 bridgehead atoms. The van der Waals surface area contributed by atoms with E-state index in [0.29, 0.717) is 18.7 Å². The van der Waals surface area contributed by atoms with Gasteiger partial charge in [0.05, 0.1) is 22.3 Å². The van der Waals surface area contributed by atoms with Crippen LogP contribution < -0.4 is 28.2 Å². The summed E-state index contributed by atoms with van der Waals surface area (Å²) in [5.41, 5.74) is 16.6. The second-order valence-corrected chi connectivity index (χ2v) is 10.6. The Morgan fingerprint density at radius 2 is 1.48 bits per heavy atom. The molecule has 0 fully saturated rings. The van der Waals surface area contributed by atoms with Crippen molar-refractivity contribution < 1.29 is 30.3 Å². The monoisotopic (exact) mass is 763 g/mol. The highest BCUT2D eigenvalue weighted by molar-refractivity contribution is 5.91. The summed E-state index contributed by atoms with van der Waals surface area (Å²) < 4.78 is 0.